The van der Waals surface area contributed by atoms with E-state index in [9.17, 15) is 9.59 Å². The van der Waals surface area contributed by atoms with Crippen molar-refractivity contribution in [3.63, 3.8) is 0 Å². The van der Waals surface area contributed by atoms with Crippen LogP contribution >= 0.6 is 11.3 Å². The molecule has 1 aliphatic heterocycles. The average molecular weight is 420 g/mol. The zero-order chi connectivity index (χ0) is 20.7. The molecule has 3 heterocycles. The van der Waals surface area contributed by atoms with Gasteiger partial charge < -0.3 is 5.32 Å². The summed E-state index contributed by atoms with van der Waals surface area (Å²) in [6.07, 6.45) is 2.02. The van der Waals surface area contributed by atoms with E-state index in [1.165, 1.54) is 9.38 Å². The van der Waals surface area contributed by atoms with E-state index < -0.39 is 0 Å². The second kappa shape index (κ2) is 7.62. The van der Waals surface area contributed by atoms with Crippen molar-refractivity contribution in [1.29, 1.82) is 0 Å². The number of nitrogens with zero attached hydrogens (tertiary/aromatic N) is 4. The number of thiazole rings is 1. The molecule has 1 N–H and O–H groups in total. The Kier molecular flexibility index (Phi) is 4.80. The molecule has 30 heavy (non-hydrogen) atoms. The lowest BCUT2D eigenvalue weighted by molar-refractivity contribution is 0.0955. The molecule has 0 radical (unpaired) electrons. The summed E-state index contributed by atoms with van der Waals surface area (Å²) in [5.74, 6) is -0.302. The Hall–Kier alpha value is -3.10. The number of benzene rings is 2. The first-order chi connectivity index (χ1) is 14.7. The average Bonchev–Trinajstić information content (AvgIpc) is 3.41. The van der Waals surface area contributed by atoms with Gasteiger partial charge in [0.15, 0.2) is 5.69 Å². The summed E-state index contributed by atoms with van der Waals surface area (Å²) in [5, 5.41) is 9.20. The van der Waals surface area contributed by atoms with Crippen LogP contribution in [0.4, 0.5) is 0 Å². The third-order valence-corrected chi connectivity index (χ3v) is 6.72. The van der Waals surface area contributed by atoms with Crippen molar-refractivity contribution in [3.05, 3.63) is 69.6 Å². The minimum atomic E-state index is -0.302. The zero-order valence-corrected chi connectivity index (χ0v) is 17.4. The highest BCUT2D eigenvalue weighted by molar-refractivity contribution is 7.18. The molecule has 152 valence electrons. The van der Waals surface area contributed by atoms with Gasteiger partial charge in [0.25, 0.3) is 11.5 Å². The van der Waals surface area contributed by atoms with Crippen molar-refractivity contribution in [1.82, 2.24) is 25.0 Å². The number of aromatic nitrogens is 3. The van der Waals surface area contributed by atoms with Crippen LogP contribution in [0.15, 0.2) is 53.3 Å². The van der Waals surface area contributed by atoms with Gasteiger partial charge in [-0.2, -0.15) is 5.10 Å². The summed E-state index contributed by atoms with van der Waals surface area (Å²) in [6.45, 7) is 1.19. The van der Waals surface area contributed by atoms with Gasteiger partial charge in [0, 0.05) is 19.0 Å². The summed E-state index contributed by atoms with van der Waals surface area (Å²) in [4.78, 5) is 32.5. The second-order valence-corrected chi connectivity index (χ2v) is 8.47. The number of likely N-dealkylation sites (tertiary alicyclic amines) is 1. The van der Waals surface area contributed by atoms with E-state index in [1.54, 1.807) is 30.5 Å². The van der Waals surface area contributed by atoms with Gasteiger partial charge in [0.2, 0.25) is 0 Å². The number of fused-ring (bicyclic) bond motifs is 2. The quantitative estimate of drug-likeness (QED) is 0.550. The van der Waals surface area contributed by atoms with Crippen molar-refractivity contribution >= 4 is 38.2 Å². The lowest BCUT2D eigenvalue weighted by Crippen LogP contribution is -2.35. The molecule has 1 amide bonds. The SMILES string of the molecule is CNC(=O)c1nn(CN2CCC[C@H]2c2nc3ccccc3s2)c(=O)c2ccccc12. The Morgan fingerprint density at radius 1 is 1.17 bits per heavy atom. The fourth-order valence-electron chi connectivity index (χ4n) is 4.10. The molecule has 0 unspecified atom stereocenters. The third-order valence-electron chi connectivity index (χ3n) is 5.58. The van der Waals surface area contributed by atoms with E-state index in [2.05, 4.69) is 21.4 Å². The topological polar surface area (TPSA) is 80.1 Å². The number of para-hydroxylation sites is 1. The standard InChI is InChI=1S/C22H21N5O2S/c1-23-20(28)19-14-7-2-3-8-15(14)22(29)27(25-19)13-26-12-6-10-17(26)21-24-16-9-4-5-11-18(16)30-21/h2-5,7-9,11,17H,6,10,12-13H2,1H3,(H,23,28)/t17-/m0/s1. The Morgan fingerprint density at radius 3 is 2.73 bits per heavy atom. The number of hydrogen-bond donors (Lipinski definition) is 1. The van der Waals surface area contributed by atoms with Gasteiger partial charge in [0.05, 0.1) is 28.3 Å². The van der Waals surface area contributed by atoms with Gasteiger partial charge in [-0.25, -0.2) is 9.67 Å². The maximum atomic E-state index is 13.1. The zero-order valence-electron chi connectivity index (χ0n) is 16.5. The molecule has 1 saturated heterocycles. The Morgan fingerprint density at radius 2 is 1.93 bits per heavy atom. The Labute approximate surface area is 177 Å². The predicted molar refractivity (Wildman–Crippen MR) is 118 cm³/mol. The summed E-state index contributed by atoms with van der Waals surface area (Å²) in [5.41, 5.74) is 1.09. The van der Waals surface area contributed by atoms with Gasteiger partial charge in [-0.1, -0.05) is 30.3 Å². The van der Waals surface area contributed by atoms with Crippen LogP contribution in [0, 0.1) is 0 Å². The van der Waals surface area contributed by atoms with E-state index in [4.69, 9.17) is 4.98 Å². The van der Waals surface area contributed by atoms with Crippen LogP contribution in [0.1, 0.15) is 34.4 Å². The molecule has 8 heteroatoms. The highest BCUT2D eigenvalue weighted by Crippen LogP contribution is 2.36. The normalized spacial score (nSPS) is 17.0. The highest BCUT2D eigenvalue weighted by Gasteiger charge is 2.30. The minimum Gasteiger partial charge on any atom is -0.354 e. The van der Waals surface area contributed by atoms with E-state index in [1.807, 2.05) is 30.3 Å². The van der Waals surface area contributed by atoms with E-state index >= 15 is 0 Å². The van der Waals surface area contributed by atoms with Crippen LogP contribution < -0.4 is 10.9 Å². The molecule has 4 aromatic rings. The predicted octanol–water partition coefficient (Wildman–Crippen LogP) is 3.16. The molecule has 1 fully saturated rings. The second-order valence-electron chi connectivity index (χ2n) is 7.41. The number of carbonyl (C=O) groups excluding carboxylic acids is 1. The van der Waals surface area contributed by atoms with Gasteiger partial charge in [0.1, 0.15) is 5.01 Å². The summed E-state index contributed by atoms with van der Waals surface area (Å²) < 4.78 is 2.58. The van der Waals surface area contributed by atoms with Crippen LogP contribution in [0.25, 0.3) is 21.0 Å². The molecule has 2 aromatic carbocycles. The van der Waals surface area contributed by atoms with Crippen molar-refractivity contribution in [3.8, 4) is 0 Å². The van der Waals surface area contributed by atoms with Gasteiger partial charge in [-0.15, -0.1) is 11.3 Å². The van der Waals surface area contributed by atoms with E-state index in [0.29, 0.717) is 17.4 Å². The lowest BCUT2D eigenvalue weighted by Gasteiger charge is -2.23. The Balaban J connectivity index is 1.53. The smallest absolute Gasteiger partial charge is 0.275 e. The maximum Gasteiger partial charge on any atom is 0.275 e. The fraction of sp³-hybridized carbons (Fsp3) is 0.273. The van der Waals surface area contributed by atoms with E-state index in [0.717, 1.165) is 29.9 Å². The summed E-state index contributed by atoms with van der Waals surface area (Å²) in [6, 6.07) is 15.4. The first-order valence-corrected chi connectivity index (χ1v) is 10.8. The fourth-order valence-corrected chi connectivity index (χ4v) is 5.23. The molecule has 0 aliphatic carbocycles. The van der Waals surface area contributed by atoms with Crippen molar-refractivity contribution < 1.29 is 4.79 Å². The molecule has 1 atom stereocenters. The maximum absolute atomic E-state index is 13.1. The summed E-state index contributed by atoms with van der Waals surface area (Å²) in [7, 11) is 1.57. The van der Waals surface area contributed by atoms with Crippen LogP contribution in [0.2, 0.25) is 0 Å². The summed E-state index contributed by atoms with van der Waals surface area (Å²) >= 11 is 1.70. The number of amides is 1. The van der Waals surface area contributed by atoms with Gasteiger partial charge >= 0.3 is 0 Å². The van der Waals surface area contributed by atoms with E-state index in [-0.39, 0.29) is 23.2 Å². The van der Waals surface area contributed by atoms with Crippen molar-refractivity contribution in [2.75, 3.05) is 13.6 Å². The highest BCUT2D eigenvalue weighted by atomic mass is 32.1. The number of nitrogens with one attached hydrogen (secondary N) is 1. The molecule has 0 saturated carbocycles. The molecule has 7 nitrogen and oxygen atoms in total. The van der Waals surface area contributed by atoms with Crippen molar-refractivity contribution in [2.45, 2.75) is 25.6 Å². The monoisotopic (exact) mass is 419 g/mol. The van der Waals surface area contributed by atoms with Gasteiger partial charge in [-0.05, 0) is 31.0 Å². The van der Waals surface area contributed by atoms with Crippen LogP contribution in [0.5, 0.6) is 0 Å². The Bertz CT molecular complexity index is 1280. The molecule has 1 aliphatic rings. The van der Waals surface area contributed by atoms with Crippen LogP contribution in [-0.2, 0) is 6.67 Å². The third kappa shape index (κ3) is 3.18. The first-order valence-electron chi connectivity index (χ1n) is 9.97. The molecule has 0 bridgehead atoms. The van der Waals surface area contributed by atoms with Crippen molar-refractivity contribution in [2.24, 2.45) is 0 Å². The largest absolute Gasteiger partial charge is 0.354 e. The number of hydrogen-bond acceptors (Lipinski definition) is 6. The van der Waals surface area contributed by atoms with Crippen LogP contribution in [-0.4, -0.2) is 39.2 Å². The first kappa shape index (κ1) is 18.9. The molecular weight excluding hydrogens is 398 g/mol. The lowest BCUT2D eigenvalue weighted by atomic mass is 10.1. The number of rotatable bonds is 4. The molecule has 0 spiro atoms. The number of carbonyl (C=O) groups is 1. The molecule has 2 aromatic heterocycles. The minimum absolute atomic E-state index is 0.144. The van der Waals surface area contributed by atoms with Crippen LogP contribution in [0.3, 0.4) is 0 Å². The van der Waals surface area contributed by atoms with Gasteiger partial charge in [-0.3, -0.25) is 14.5 Å². The molecule has 5 rings (SSSR count). The molecular formula is C22H21N5O2S.